The molecule has 0 saturated carbocycles. The molecule has 0 bridgehead atoms. The summed E-state index contributed by atoms with van der Waals surface area (Å²) >= 11 is 0. The summed E-state index contributed by atoms with van der Waals surface area (Å²) in [7, 11) is 3.28. The fraction of sp³-hybridized carbons (Fsp3) is 0.250. The Morgan fingerprint density at radius 2 is 1.81 bits per heavy atom. The summed E-state index contributed by atoms with van der Waals surface area (Å²) in [5.41, 5.74) is 3.79. The zero-order valence-electron chi connectivity index (χ0n) is 15.6. The van der Waals surface area contributed by atoms with E-state index in [4.69, 9.17) is 14.5 Å². The average molecular weight is 363 g/mol. The fourth-order valence-corrected chi connectivity index (χ4v) is 3.20. The first-order chi connectivity index (χ1) is 13.2. The molecule has 7 heteroatoms. The molecule has 0 saturated heterocycles. The van der Waals surface area contributed by atoms with Gasteiger partial charge in [-0.1, -0.05) is 18.2 Å². The number of methoxy groups -OCH3 is 2. The molecule has 4 rings (SSSR count). The summed E-state index contributed by atoms with van der Waals surface area (Å²) in [6.45, 7) is 2.66. The Hall–Kier alpha value is -3.35. The van der Waals surface area contributed by atoms with E-state index in [1.807, 2.05) is 53.8 Å². The second-order valence-corrected chi connectivity index (χ2v) is 6.22. The monoisotopic (exact) mass is 363 g/mol. The first kappa shape index (κ1) is 17.1. The normalized spacial score (nSPS) is 11.1. The molecule has 2 heterocycles. The number of aryl methyl sites for hydroxylation is 1. The first-order valence-corrected chi connectivity index (χ1v) is 8.76. The molecule has 7 nitrogen and oxygen atoms in total. The number of nitrogens with zero attached hydrogens (tertiary/aromatic N) is 4. The van der Waals surface area contributed by atoms with Gasteiger partial charge >= 0.3 is 0 Å². The molecule has 0 unspecified atom stereocenters. The largest absolute Gasteiger partial charge is 0.493 e. The lowest BCUT2D eigenvalue weighted by molar-refractivity contribution is 0.354. The van der Waals surface area contributed by atoms with E-state index in [-0.39, 0.29) is 0 Å². The van der Waals surface area contributed by atoms with Gasteiger partial charge in [0.25, 0.3) is 0 Å². The van der Waals surface area contributed by atoms with E-state index in [2.05, 4.69) is 15.5 Å². The van der Waals surface area contributed by atoms with Gasteiger partial charge in [0.15, 0.2) is 17.3 Å². The summed E-state index contributed by atoms with van der Waals surface area (Å²) in [6.07, 6.45) is 0.814. The van der Waals surface area contributed by atoms with Crippen LogP contribution in [0.25, 0.3) is 16.7 Å². The van der Waals surface area contributed by atoms with Gasteiger partial charge < -0.3 is 14.8 Å². The average Bonchev–Trinajstić information content (AvgIpc) is 3.10. The summed E-state index contributed by atoms with van der Waals surface area (Å²) in [5.74, 6) is 3.03. The van der Waals surface area contributed by atoms with E-state index in [1.165, 1.54) is 0 Å². The maximum atomic E-state index is 5.37. The minimum atomic E-state index is 0.711. The molecule has 2 aromatic carbocycles. The summed E-state index contributed by atoms with van der Waals surface area (Å²) in [4.78, 5) is 4.73. The summed E-state index contributed by atoms with van der Waals surface area (Å²) in [6, 6.07) is 13.9. The SMILES string of the molecule is COc1ccc(CCNc2nc3ccccc3n3c(C)nnc23)cc1OC. The van der Waals surface area contributed by atoms with Crippen molar-refractivity contribution in [3.8, 4) is 11.5 Å². The molecule has 0 spiro atoms. The highest BCUT2D eigenvalue weighted by Gasteiger charge is 2.12. The molecule has 0 amide bonds. The number of fused-ring (bicyclic) bond motifs is 3. The molecule has 0 radical (unpaired) electrons. The third kappa shape index (κ3) is 3.12. The Labute approximate surface area is 157 Å². The number of rotatable bonds is 6. The van der Waals surface area contributed by atoms with Crippen LogP contribution in [0.3, 0.4) is 0 Å². The Morgan fingerprint density at radius 1 is 1.00 bits per heavy atom. The van der Waals surface area contributed by atoms with Crippen LogP contribution in [0.1, 0.15) is 11.4 Å². The highest BCUT2D eigenvalue weighted by molar-refractivity contribution is 5.82. The Bertz CT molecular complexity index is 1110. The van der Waals surface area contributed by atoms with Gasteiger partial charge in [-0.05, 0) is 43.2 Å². The van der Waals surface area contributed by atoms with Gasteiger partial charge in [0, 0.05) is 6.54 Å². The molecule has 4 aromatic rings. The van der Waals surface area contributed by atoms with Crippen LogP contribution >= 0.6 is 0 Å². The summed E-state index contributed by atoms with van der Waals surface area (Å²) < 4.78 is 12.7. The zero-order valence-corrected chi connectivity index (χ0v) is 15.6. The van der Waals surface area contributed by atoms with E-state index in [0.29, 0.717) is 6.54 Å². The number of hydrogen-bond donors (Lipinski definition) is 1. The van der Waals surface area contributed by atoms with Crippen molar-refractivity contribution < 1.29 is 9.47 Å². The number of ether oxygens (including phenoxy) is 2. The van der Waals surface area contributed by atoms with Gasteiger partial charge in [0.05, 0.1) is 25.3 Å². The van der Waals surface area contributed by atoms with Crippen LogP contribution in [0.2, 0.25) is 0 Å². The van der Waals surface area contributed by atoms with E-state index in [0.717, 1.165) is 51.8 Å². The third-order valence-electron chi connectivity index (χ3n) is 4.55. The number of benzene rings is 2. The second-order valence-electron chi connectivity index (χ2n) is 6.22. The van der Waals surface area contributed by atoms with Crippen molar-refractivity contribution in [2.75, 3.05) is 26.1 Å². The van der Waals surface area contributed by atoms with Crippen molar-refractivity contribution in [1.82, 2.24) is 19.6 Å². The summed E-state index contributed by atoms with van der Waals surface area (Å²) in [5, 5.41) is 11.9. The molecule has 0 atom stereocenters. The van der Waals surface area contributed by atoms with E-state index < -0.39 is 0 Å². The number of aromatic nitrogens is 4. The molecule has 0 aliphatic rings. The molecule has 2 aromatic heterocycles. The van der Waals surface area contributed by atoms with Crippen molar-refractivity contribution in [2.24, 2.45) is 0 Å². The van der Waals surface area contributed by atoms with Crippen LogP contribution in [-0.4, -0.2) is 40.3 Å². The molecular formula is C20H21N5O2. The minimum Gasteiger partial charge on any atom is -0.493 e. The van der Waals surface area contributed by atoms with Crippen molar-refractivity contribution in [3.63, 3.8) is 0 Å². The van der Waals surface area contributed by atoms with Gasteiger partial charge in [-0.25, -0.2) is 4.98 Å². The van der Waals surface area contributed by atoms with Crippen LogP contribution in [-0.2, 0) is 6.42 Å². The van der Waals surface area contributed by atoms with E-state index in [9.17, 15) is 0 Å². The first-order valence-electron chi connectivity index (χ1n) is 8.76. The van der Waals surface area contributed by atoms with Crippen LogP contribution in [0.5, 0.6) is 11.5 Å². The van der Waals surface area contributed by atoms with Gasteiger partial charge in [-0.15, -0.1) is 10.2 Å². The Kier molecular flexibility index (Phi) is 4.50. The van der Waals surface area contributed by atoms with Gasteiger partial charge in [-0.2, -0.15) is 0 Å². The highest BCUT2D eigenvalue weighted by atomic mass is 16.5. The molecule has 1 N–H and O–H groups in total. The lowest BCUT2D eigenvalue weighted by Crippen LogP contribution is -2.09. The third-order valence-corrected chi connectivity index (χ3v) is 4.55. The van der Waals surface area contributed by atoms with Gasteiger partial charge in [-0.3, -0.25) is 4.40 Å². The standard InChI is InChI=1S/C20H21N5O2/c1-13-23-24-20-19(22-15-6-4-5-7-16(15)25(13)20)21-11-10-14-8-9-17(26-2)18(12-14)27-3/h4-9,12H,10-11H2,1-3H3,(H,21,22). The molecule has 0 aliphatic heterocycles. The molecular weight excluding hydrogens is 342 g/mol. The van der Waals surface area contributed by atoms with E-state index >= 15 is 0 Å². The Balaban J connectivity index is 1.59. The lowest BCUT2D eigenvalue weighted by Gasteiger charge is -2.11. The number of para-hydroxylation sites is 2. The lowest BCUT2D eigenvalue weighted by atomic mass is 10.1. The highest BCUT2D eigenvalue weighted by Crippen LogP contribution is 2.28. The molecule has 138 valence electrons. The predicted molar refractivity (Wildman–Crippen MR) is 105 cm³/mol. The number of anilines is 1. The van der Waals surface area contributed by atoms with Crippen LogP contribution in [0.15, 0.2) is 42.5 Å². The Morgan fingerprint density at radius 3 is 2.63 bits per heavy atom. The number of nitrogens with one attached hydrogen (secondary N) is 1. The minimum absolute atomic E-state index is 0.711. The van der Waals surface area contributed by atoms with Crippen molar-refractivity contribution in [1.29, 1.82) is 0 Å². The molecule has 0 fully saturated rings. The van der Waals surface area contributed by atoms with E-state index in [1.54, 1.807) is 14.2 Å². The van der Waals surface area contributed by atoms with Gasteiger partial charge in [0.2, 0.25) is 5.65 Å². The number of hydrogen-bond acceptors (Lipinski definition) is 6. The maximum Gasteiger partial charge on any atom is 0.204 e. The fourth-order valence-electron chi connectivity index (χ4n) is 3.20. The quantitative estimate of drug-likeness (QED) is 0.567. The van der Waals surface area contributed by atoms with Crippen LogP contribution < -0.4 is 14.8 Å². The van der Waals surface area contributed by atoms with Crippen molar-refractivity contribution >= 4 is 22.5 Å². The van der Waals surface area contributed by atoms with Crippen molar-refractivity contribution in [2.45, 2.75) is 13.3 Å². The van der Waals surface area contributed by atoms with Crippen molar-refractivity contribution in [3.05, 3.63) is 53.9 Å². The molecule has 0 aliphatic carbocycles. The maximum absolute atomic E-state index is 5.37. The zero-order chi connectivity index (χ0) is 18.8. The smallest absolute Gasteiger partial charge is 0.204 e. The topological polar surface area (TPSA) is 73.6 Å². The van der Waals surface area contributed by atoms with Crippen LogP contribution in [0.4, 0.5) is 5.82 Å². The molecule has 27 heavy (non-hydrogen) atoms. The predicted octanol–water partition coefficient (Wildman–Crippen LogP) is 3.26. The second kappa shape index (κ2) is 7.11. The van der Waals surface area contributed by atoms with Gasteiger partial charge in [0.1, 0.15) is 5.82 Å². The van der Waals surface area contributed by atoms with Crippen LogP contribution in [0, 0.1) is 6.92 Å².